The quantitative estimate of drug-likeness (QED) is 0.780. The first-order valence-electron chi connectivity index (χ1n) is 5.33. The van der Waals surface area contributed by atoms with E-state index in [1.165, 1.54) is 7.11 Å². The Bertz CT molecular complexity index is 524. The highest BCUT2D eigenvalue weighted by Crippen LogP contribution is 2.19. The number of pyridine rings is 1. The van der Waals surface area contributed by atoms with E-state index in [-0.39, 0.29) is 11.2 Å². The van der Waals surface area contributed by atoms with Crippen molar-refractivity contribution in [3.05, 3.63) is 36.3 Å². The Morgan fingerprint density at radius 2 is 2.41 bits per heavy atom. The average Bonchev–Trinajstić information content (AvgIpc) is 2.78. The van der Waals surface area contributed by atoms with Gasteiger partial charge in [-0.05, 0) is 19.1 Å². The Kier molecular flexibility index (Phi) is 3.68. The maximum atomic E-state index is 11.3. The molecule has 0 amide bonds. The highest BCUT2D eigenvalue weighted by Gasteiger charge is 2.14. The van der Waals surface area contributed by atoms with E-state index in [1.807, 2.05) is 41.9 Å². The van der Waals surface area contributed by atoms with Crippen molar-refractivity contribution in [2.75, 3.05) is 7.11 Å². The summed E-state index contributed by atoms with van der Waals surface area (Å²) >= 11 is 1.55. The number of carbonyl (C=O) groups excluding carboxylic acids is 1. The summed E-state index contributed by atoms with van der Waals surface area (Å²) in [6.07, 6.45) is 3.81. The molecule has 0 bridgehead atoms. The van der Waals surface area contributed by atoms with Gasteiger partial charge in [-0.15, -0.1) is 11.8 Å². The molecule has 2 aromatic rings. The largest absolute Gasteiger partial charge is 0.468 e. The lowest BCUT2D eigenvalue weighted by Gasteiger charge is -2.08. The maximum Gasteiger partial charge on any atom is 0.318 e. The van der Waals surface area contributed by atoms with Crippen LogP contribution in [-0.4, -0.2) is 27.7 Å². The molecule has 0 aromatic carbocycles. The number of nitrogens with zero attached hydrogens (tertiary/aromatic N) is 2. The number of thioether (sulfide) groups is 1. The van der Waals surface area contributed by atoms with Crippen molar-refractivity contribution in [1.29, 1.82) is 0 Å². The van der Waals surface area contributed by atoms with Gasteiger partial charge in [0.2, 0.25) is 0 Å². The fraction of sp³-hybridized carbons (Fsp3) is 0.333. The number of methoxy groups -OCH3 is 1. The van der Waals surface area contributed by atoms with E-state index in [0.29, 0.717) is 0 Å². The Labute approximate surface area is 104 Å². The lowest BCUT2D eigenvalue weighted by atomic mass is 10.4. The standard InChI is InChI=1S/C12H14N2O2S/c1-9(12(15)16-2)17-8-10-7-13-11-5-3-4-6-14(10)11/h3-7,9H,8H2,1-2H3/t9-/m1/s1. The molecule has 5 heteroatoms. The molecule has 0 aliphatic rings. The van der Waals surface area contributed by atoms with Crippen molar-refractivity contribution < 1.29 is 9.53 Å². The minimum atomic E-state index is -0.191. The number of carbonyl (C=O) groups is 1. The first-order valence-corrected chi connectivity index (χ1v) is 6.37. The fourth-order valence-electron chi connectivity index (χ4n) is 1.54. The Morgan fingerprint density at radius 1 is 1.59 bits per heavy atom. The molecule has 0 spiro atoms. The van der Waals surface area contributed by atoms with E-state index in [9.17, 15) is 4.79 Å². The molecule has 2 rings (SSSR count). The number of rotatable bonds is 4. The molecule has 0 saturated carbocycles. The van der Waals surface area contributed by atoms with Crippen LogP contribution in [0, 0.1) is 0 Å². The summed E-state index contributed by atoms with van der Waals surface area (Å²) in [5, 5.41) is -0.158. The molecule has 17 heavy (non-hydrogen) atoms. The number of aromatic nitrogens is 2. The number of esters is 1. The van der Waals surface area contributed by atoms with Crippen molar-refractivity contribution in [2.45, 2.75) is 17.9 Å². The van der Waals surface area contributed by atoms with Crippen LogP contribution < -0.4 is 0 Å². The molecule has 1 atom stereocenters. The minimum Gasteiger partial charge on any atom is -0.468 e. The summed E-state index contributed by atoms with van der Waals surface area (Å²) in [6.45, 7) is 1.85. The van der Waals surface area contributed by atoms with Gasteiger partial charge in [0.25, 0.3) is 0 Å². The van der Waals surface area contributed by atoms with E-state index < -0.39 is 0 Å². The zero-order valence-corrected chi connectivity index (χ0v) is 10.6. The Hall–Kier alpha value is -1.49. The first-order chi connectivity index (χ1) is 8.22. The van der Waals surface area contributed by atoms with Crippen LogP contribution in [0.2, 0.25) is 0 Å². The average molecular weight is 250 g/mol. The summed E-state index contributed by atoms with van der Waals surface area (Å²) in [4.78, 5) is 15.6. The highest BCUT2D eigenvalue weighted by molar-refractivity contribution is 7.99. The van der Waals surface area contributed by atoms with Crippen molar-refractivity contribution in [1.82, 2.24) is 9.38 Å². The van der Waals surface area contributed by atoms with Crippen LogP contribution in [0.4, 0.5) is 0 Å². The van der Waals surface area contributed by atoms with Crippen molar-refractivity contribution in [3.8, 4) is 0 Å². The second-order valence-corrected chi connectivity index (χ2v) is 4.98. The lowest BCUT2D eigenvalue weighted by Crippen LogP contribution is -2.15. The number of hydrogen-bond acceptors (Lipinski definition) is 4. The van der Waals surface area contributed by atoms with Crippen LogP contribution in [0.3, 0.4) is 0 Å². The van der Waals surface area contributed by atoms with Crippen LogP contribution in [0.15, 0.2) is 30.6 Å². The van der Waals surface area contributed by atoms with Gasteiger partial charge in [0, 0.05) is 11.9 Å². The van der Waals surface area contributed by atoms with E-state index in [0.717, 1.165) is 17.1 Å². The molecule has 2 heterocycles. The highest BCUT2D eigenvalue weighted by atomic mass is 32.2. The molecule has 0 unspecified atom stereocenters. The summed E-state index contributed by atoms with van der Waals surface area (Å²) in [6, 6.07) is 5.88. The Balaban J connectivity index is 2.07. The van der Waals surface area contributed by atoms with Crippen LogP contribution >= 0.6 is 11.8 Å². The van der Waals surface area contributed by atoms with Gasteiger partial charge in [0.15, 0.2) is 0 Å². The molecular formula is C12H14N2O2S. The van der Waals surface area contributed by atoms with Crippen molar-refractivity contribution in [3.63, 3.8) is 0 Å². The second kappa shape index (κ2) is 5.23. The third-order valence-electron chi connectivity index (χ3n) is 2.51. The molecule has 0 radical (unpaired) electrons. The first kappa shape index (κ1) is 12.0. The smallest absolute Gasteiger partial charge is 0.318 e. The monoisotopic (exact) mass is 250 g/mol. The lowest BCUT2D eigenvalue weighted by molar-refractivity contribution is -0.139. The van der Waals surface area contributed by atoms with E-state index in [1.54, 1.807) is 11.8 Å². The molecule has 0 aliphatic carbocycles. The minimum absolute atomic E-state index is 0.158. The number of hydrogen-bond donors (Lipinski definition) is 0. The predicted octanol–water partition coefficient (Wildman–Crippen LogP) is 2.13. The van der Waals surface area contributed by atoms with Crippen LogP contribution in [-0.2, 0) is 15.3 Å². The topological polar surface area (TPSA) is 43.6 Å². The Morgan fingerprint density at radius 3 is 3.18 bits per heavy atom. The van der Waals surface area contributed by atoms with E-state index >= 15 is 0 Å². The fourth-order valence-corrected chi connectivity index (χ4v) is 2.40. The van der Waals surface area contributed by atoms with Gasteiger partial charge in [-0.2, -0.15) is 0 Å². The van der Waals surface area contributed by atoms with Crippen molar-refractivity contribution in [2.24, 2.45) is 0 Å². The molecule has 4 nitrogen and oxygen atoms in total. The zero-order chi connectivity index (χ0) is 12.3. The van der Waals surface area contributed by atoms with Crippen LogP contribution in [0.25, 0.3) is 5.65 Å². The summed E-state index contributed by atoms with van der Waals surface area (Å²) in [5.41, 5.74) is 2.01. The van der Waals surface area contributed by atoms with Gasteiger partial charge >= 0.3 is 5.97 Å². The molecular weight excluding hydrogens is 236 g/mol. The number of ether oxygens (including phenoxy) is 1. The summed E-state index contributed by atoms with van der Waals surface area (Å²) in [7, 11) is 1.41. The number of fused-ring (bicyclic) bond motifs is 1. The van der Waals surface area contributed by atoms with Gasteiger partial charge in [0.05, 0.1) is 24.3 Å². The summed E-state index contributed by atoms with van der Waals surface area (Å²) < 4.78 is 6.71. The number of imidazole rings is 1. The van der Waals surface area contributed by atoms with Gasteiger partial charge in [-0.1, -0.05) is 6.07 Å². The summed E-state index contributed by atoms with van der Waals surface area (Å²) in [5.74, 6) is 0.547. The molecule has 0 aliphatic heterocycles. The van der Waals surface area contributed by atoms with E-state index in [4.69, 9.17) is 0 Å². The van der Waals surface area contributed by atoms with Gasteiger partial charge < -0.3 is 9.14 Å². The third kappa shape index (κ3) is 2.61. The van der Waals surface area contributed by atoms with Gasteiger partial charge in [0.1, 0.15) is 5.65 Å². The maximum absolute atomic E-state index is 11.3. The second-order valence-electron chi connectivity index (χ2n) is 3.65. The molecule has 0 fully saturated rings. The van der Waals surface area contributed by atoms with Gasteiger partial charge in [-0.25, -0.2) is 4.98 Å². The van der Waals surface area contributed by atoms with Crippen LogP contribution in [0.5, 0.6) is 0 Å². The predicted molar refractivity (Wildman–Crippen MR) is 68.0 cm³/mol. The van der Waals surface area contributed by atoms with Crippen molar-refractivity contribution >= 4 is 23.4 Å². The molecule has 90 valence electrons. The molecule has 2 aromatic heterocycles. The van der Waals surface area contributed by atoms with E-state index in [2.05, 4.69) is 9.72 Å². The van der Waals surface area contributed by atoms with Crippen LogP contribution in [0.1, 0.15) is 12.6 Å². The zero-order valence-electron chi connectivity index (χ0n) is 9.79. The SMILES string of the molecule is COC(=O)[C@@H](C)SCc1cnc2ccccn12. The normalized spacial score (nSPS) is 12.6. The third-order valence-corrected chi connectivity index (χ3v) is 3.66. The molecule has 0 N–H and O–H groups in total. The molecule has 0 saturated heterocycles. The van der Waals surface area contributed by atoms with Gasteiger partial charge in [-0.3, -0.25) is 4.79 Å².